The summed E-state index contributed by atoms with van der Waals surface area (Å²) in [4.78, 5) is 22.5. The van der Waals surface area contributed by atoms with Crippen molar-refractivity contribution >= 4 is 17.4 Å². The Morgan fingerprint density at radius 1 is 1.07 bits per heavy atom. The molecule has 30 heavy (non-hydrogen) atoms. The summed E-state index contributed by atoms with van der Waals surface area (Å²) in [5, 5.41) is 2.92. The molecule has 6 heteroatoms. The second-order valence-corrected chi connectivity index (χ2v) is 7.26. The molecular weight excluding hydrogens is 376 g/mol. The molecule has 4 aromatic rings. The molecule has 0 saturated carbocycles. The van der Waals surface area contributed by atoms with Crippen molar-refractivity contribution in [2.24, 2.45) is 0 Å². The number of imidazole rings is 1. The average molecular weight is 400 g/mol. The Kier molecular flexibility index (Phi) is 5.48. The Hall–Kier alpha value is -3.67. The Bertz CT molecular complexity index is 1200. The number of hydrogen-bond acceptors (Lipinski definition) is 4. The van der Waals surface area contributed by atoms with Crippen molar-refractivity contribution < 1.29 is 9.53 Å². The van der Waals surface area contributed by atoms with Crippen LogP contribution in [0, 0.1) is 13.8 Å². The lowest BCUT2D eigenvalue weighted by Crippen LogP contribution is -2.17. The first kappa shape index (κ1) is 19.6. The predicted octanol–water partition coefficient (Wildman–Crippen LogP) is 5.05. The van der Waals surface area contributed by atoms with E-state index in [-0.39, 0.29) is 5.91 Å². The fourth-order valence-electron chi connectivity index (χ4n) is 3.26. The Morgan fingerprint density at radius 3 is 2.60 bits per heavy atom. The highest BCUT2D eigenvalue weighted by Gasteiger charge is 2.22. The highest BCUT2D eigenvalue weighted by molar-refractivity contribution is 6.07. The lowest BCUT2D eigenvalue weighted by atomic mass is 10.1. The summed E-state index contributed by atoms with van der Waals surface area (Å²) >= 11 is 0. The topological polar surface area (TPSA) is 68.5 Å². The molecular formula is C24H24N4O2. The molecule has 0 fully saturated rings. The second kappa shape index (κ2) is 8.37. The third kappa shape index (κ3) is 3.89. The monoisotopic (exact) mass is 400 g/mol. The number of ether oxygens (including phenoxy) is 1. The fraction of sp³-hybridized carbons (Fsp3) is 0.208. The maximum Gasteiger partial charge on any atom is 0.276 e. The summed E-state index contributed by atoms with van der Waals surface area (Å²) < 4.78 is 7.57. The number of anilines is 1. The van der Waals surface area contributed by atoms with Crippen LogP contribution in [0.5, 0.6) is 5.75 Å². The van der Waals surface area contributed by atoms with Crippen LogP contribution in [0.4, 0.5) is 5.82 Å². The van der Waals surface area contributed by atoms with Crippen LogP contribution in [0.15, 0.2) is 60.9 Å². The van der Waals surface area contributed by atoms with Crippen molar-refractivity contribution in [2.45, 2.75) is 27.2 Å². The third-order valence-corrected chi connectivity index (χ3v) is 4.77. The van der Waals surface area contributed by atoms with E-state index in [9.17, 15) is 4.79 Å². The molecule has 0 bridgehead atoms. The number of nitrogens with zero attached hydrogens (tertiary/aromatic N) is 3. The predicted molar refractivity (Wildman–Crippen MR) is 118 cm³/mol. The minimum atomic E-state index is -0.288. The molecule has 0 radical (unpaired) electrons. The lowest BCUT2D eigenvalue weighted by Gasteiger charge is -2.11. The van der Waals surface area contributed by atoms with Gasteiger partial charge in [-0.15, -0.1) is 0 Å². The zero-order valence-electron chi connectivity index (χ0n) is 17.3. The second-order valence-electron chi connectivity index (χ2n) is 7.26. The van der Waals surface area contributed by atoms with Gasteiger partial charge in [0.05, 0.1) is 6.61 Å². The van der Waals surface area contributed by atoms with E-state index in [4.69, 9.17) is 9.72 Å². The number of carbonyl (C=O) groups excluding carboxylic acids is 1. The van der Waals surface area contributed by atoms with E-state index < -0.39 is 0 Å². The number of hydrogen-bond donors (Lipinski definition) is 1. The SMILES string of the molecule is CCCOc1cccnc1NC(=O)c1c(-c2ccc(C)cc2)nc2ccc(C)cn12. The largest absolute Gasteiger partial charge is 0.490 e. The molecule has 0 aliphatic rings. The van der Waals surface area contributed by atoms with Gasteiger partial charge < -0.3 is 10.1 Å². The van der Waals surface area contributed by atoms with Crippen molar-refractivity contribution in [3.05, 3.63) is 77.7 Å². The van der Waals surface area contributed by atoms with E-state index in [0.717, 1.165) is 23.1 Å². The van der Waals surface area contributed by atoms with E-state index in [1.54, 1.807) is 18.3 Å². The normalized spacial score (nSPS) is 10.9. The van der Waals surface area contributed by atoms with Crippen molar-refractivity contribution in [2.75, 3.05) is 11.9 Å². The molecule has 0 spiro atoms. The summed E-state index contributed by atoms with van der Waals surface area (Å²) in [7, 11) is 0. The van der Waals surface area contributed by atoms with Crippen LogP contribution in [0.25, 0.3) is 16.9 Å². The number of pyridine rings is 2. The van der Waals surface area contributed by atoms with Crippen LogP contribution < -0.4 is 10.1 Å². The number of fused-ring (bicyclic) bond motifs is 1. The van der Waals surface area contributed by atoms with Crippen LogP contribution in [0.1, 0.15) is 35.0 Å². The molecule has 0 aliphatic carbocycles. The molecule has 1 N–H and O–H groups in total. The Morgan fingerprint density at radius 2 is 1.83 bits per heavy atom. The van der Waals surface area contributed by atoms with Gasteiger partial charge >= 0.3 is 0 Å². The van der Waals surface area contributed by atoms with Gasteiger partial charge in [0.1, 0.15) is 17.0 Å². The quantitative estimate of drug-likeness (QED) is 0.491. The van der Waals surface area contributed by atoms with Gasteiger partial charge in [-0.25, -0.2) is 9.97 Å². The Balaban J connectivity index is 1.79. The molecule has 4 rings (SSSR count). The van der Waals surface area contributed by atoms with Crippen LogP contribution in [0.3, 0.4) is 0 Å². The van der Waals surface area contributed by atoms with Gasteiger partial charge in [-0.2, -0.15) is 0 Å². The first-order chi connectivity index (χ1) is 14.6. The molecule has 3 aromatic heterocycles. The summed E-state index contributed by atoms with van der Waals surface area (Å²) in [6.07, 6.45) is 4.42. The molecule has 0 aliphatic heterocycles. The van der Waals surface area contributed by atoms with E-state index in [2.05, 4.69) is 10.3 Å². The van der Waals surface area contributed by atoms with Crippen molar-refractivity contribution in [1.82, 2.24) is 14.4 Å². The standard InChI is InChI=1S/C24H24N4O2/c1-4-14-30-19-6-5-13-25-23(19)27-24(29)22-21(18-10-7-16(2)8-11-18)26-20-12-9-17(3)15-28(20)22/h5-13,15H,4,14H2,1-3H3,(H,25,27,29). The highest BCUT2D eigenvalue weighted by Crippen LogP contribution is 2.28. The van der Waals surface area contributed by atoms with Gasteiger partial charge in [-0.05, 0) is 44.0 Å². The third-order valence-electron chi connectivity index (χ3n) is 4.77. The van der Waals surface area contributed by atoms with Crippen LogP contribution >= 0.6 is 0 Å². The van der Waals surface area contributed by atoms with Gasteiger partial charge in [-0.1, -0.05) is 42.8 Å². The molecule has 6 nitrogen and oxygen atoms in total. The first-order valence-corrected chi connectivity index (χ1v) is 10.0. The molecule has 1 aromatic carbocycles. The van der Waals surface area contributed by atoms with Gasteiger partial charge in [0, 0.05) is 18.0 Å². The maximum atomic E-state index is 13.4. The highest BCUT2D eigenvalue weighted by atomic mass is 16.5. The summed E-state index contributed by atoms with van der Waals surface area (Å²) in [6, 6.07) is 15.5. The first-order valence-electron chi connectivity index (χ1n) is 10.0. The number of nitrogens with one attached hydrogen (secondary N) is 1. The number of amides is 1. The van der Waals surface area contributed by atoms with E-state index in [1.165, 1.54) is 0 Å². The van der Waals surface area contributed by atoms with Crippen molar-refractivity contribution in [1.29, 1.82) is 0 Å². The average Bonchev–Trinajstić information content (AvgIpc) is 3.12. The molecule has 1 amide bonds. The van der Waals surface area contributed by atoms with E-state index >= 15 is 0 Å². The summed E-state index contributed by atoms with van der Waals surface area (Å²) in [5.74, 6) is 0.659. The van der Waals surface area contributed by atoms with Crippen LogP contribution in [-0.2, 0) is 0 Å². The number of aryl methyl sites for hydroxylation is 2. The number of carbonyl (C=O) groups is 1. The Labute approximate surface area is 175 Å². The summed E-state index contributed by atoms with van der Waals surface area (Å²) in [6.45, 7) is 6.60. The zero-order chi connectivity index (χ0) is 21.1. The van der Waals surface area contributed by atoms with E-state index in [0.29, 0.717) is 35.2 Å². The number of aromatic nitrogens is 3. The smallest absolute Gasteiger partial charge is 0.276 e. The van der Waals surface area contributed by atoms with Crippen LogP contribution in [0.2, 0.25) is 0 Å². The van der Waals surface area contributed by atoms with Crippen LogP contribution in [-0.4, -0.2) is 26.9 Å². The van der Waals surface area contributed by atoms with Crippen molar-refractivity contribution in [3.63, 3.8) is 0 Å². The number of rotatable bonds is 6. The van der Waals surface area contributed by atoms with Gasteiger partial charge in [0.2, 0.25) is 0 Å². The minimum Gasteiger partial charge on any atom is -0.490 e. The molecule has 3 heterocycles. The molecule has 0 unspecified atom stereocenters. The van der Waals surface area contributed by atoms with Gasteiger partial charge in [-0.3, -0.25) is 9.20 Å². The van der Waals surface area contributed by atoms with Gasteiger partial charge in [0.25, 0.3) is 5.91 Å². The van der Waals surface area contributed by atoms with Gasteiger partial charge in [0.15, 0.2) is 11.6 Å². The molecule has 0 saturated heterocycles. The minimum absolute atomic E-state index is 0.288. The lowest BCUT2D eigenvalue weighted by molar-refractivity contribution is 0.102. The molecule has 0 atom stereocenters. The zero-order valence-corrected chi connectivity index (χ0v) is 17.3. The fourth-order valence-corrected chi connectivity index (χ4v) is 3.26. The number of benzene rings is 1. The summed E-state index contributed by atoms with van der Waals surface area (Å²) in [5.41, 5.74) is 4.87. The van der Waals surface area contributed by atoms with E-state index in [1.807, 2.05) is 67.8 Å². The maximum absolute atomic E-state index is 13.4. The van der Waals surface area contributed by atoms with Crippen molar-refractivity contribution in [3.8, 4) is 17.0 Å². The molecule has 152 valence electrons.